The van der Waals surface area contributed by atoms with Crippen molar-refractivity contribution < 1.29 is 9.42 Å². The van der Waals surface area contributed by atoms with E-state index in [2.05, 4.69) is 14.9 Å². The first-order chi connectivity index (χ1) is 6.20. The molecule has 0 aliphatic carbocycles. The Morgan fingerprint density at radius 3 is 2.77 bits per heavy atom. The van der Waals surface area contributed by atoms with Gasteiger partial charge in [0, 0.05) is 5.57 Å². The molecule has 0 atom stereocenters. The molecule has 0 unspecified atom stereocenters. The number of hydrogen-bond donors (Lipinski definition) is 1. The second-order valence-electron chi connectivity index (χ2n) is 2.31. The maximum Gasteiger partial charge on any atom is 0.197 e. The third-order valence-electron chi connectivity index (χ3n) is 1.53. The van der Waals surface area contributed by atoms with Crippen LogP contribution in [0.15, 0.2) is 10.2 Å². The number of rotatable bonds is 3. The number of aromatic nitrogens is 2. The highest BCUT2D eigenvalue weighted by atomic mass is 35.5. The van der Waals surface area contributed by atoms with Gasteiger partial charge in [-0.25, -0.2) is 4.63 Å². The molecule has 5 nitrogen and oxygen atoms in total. The van der Waals surface area contributed by atoms with E-state index in [1.165, 1.54) is 0 Å². The van der Waals surface area contributed by atoms with Crippen molar-refractivity contribution in [1.82, 2.24) is 10.3 Å². The molecule has 6 heteroatoms. The van der Waals surface area contributed by atoms with Crippen molar-refractivity contribution >= 4 is 28.7 Å². The first kappa shape index (κ1) is 9.73. The van der Waals surface area contributed by atoms with Crippen LogP contribution in [0.2, 0.25) is 0 Å². The van der Waals surface area contributed by atoms with Crippen LogP contribution in [0.4, 0.5) is 5.82 Å². The van der Waals surface area contributed by atoms with E-state index in [1.807, 2.05) is 0 Å². The lowest BCUT2D eigenvalue weighted by molar-refractivity contribution is -0.104. The minimum atomic E-state index is 0.0813. The van der Waals surface area contributed by atoms with Gasteiger partial charge in [-0.1, -0.05) is 18.5 Å². The molecule has 0 aromatic carbocycles. The maximum absolute atomic E-state index is 10.5. The standard InChI is InChI=1S/C7H8ClN3O2/c1-2-4(3-12)5(8)6-7(9)11-13-10-6/h3H,2H2,1H3,(H2,9,11)/b5-4-. The summed E-state index contributed by atoms with van der Waals surface area (Å²) in [5.41, 5.74) is 6.02. The highest BCUT2D eigenvalue weighted by molar-refractivity contribution is 6.50. The lowest BCUT2D eigenvalue weighted by Gasteiger charge is -1.97. The van der Waals surface area contributed by atoms with Gasteiger partial charge in [-0.05, 0) is 16.7 Å². The molecule has 70 valence electrons. The Morgan fingerprint density at radius 1 is 1.69 bits per heavy atom. The van der Waals surface area contributed by atoms with Gasteiger partial charge in [0.15, 0.2) is 11.5 Å². The van der Waals surface area contributed by atoms with Gasteiger partial charge in [0.1, 0.15) is 6.29 Å². The van der Waals surface area contributed by atoms with Crippen LogP contribution in [-0.4, -0.2) is 16.6 Å². The van der Waals surface area contributed by atoms with Gasteiger partial charge < -0.3 is 5.73 Å². The van der Waals surface area contributed by atoms with E-state index in [-0.39, 0.29) is 16.5 Å². The van der Waals surface area contributed by atoms with E-state index in [0.717, 1.165) is 0 Å². The number of anilines is 1. The molecule has 0 aliphatic rings. The predicted octanol–water partition coefficient (Wildman–Crippen LogP) is 1.21. The van der Waals surface area contributed by atoms with Crippen molar-refractivity contribution in [2.75, 3.05) is 5.73 Å². The number of allylic oxidation sites excluding steroid dienone is 1. The van der Waals surface area contributed by atoms with Crippen molar-refractivity contribution in [2.24, 2.45) is 0 Å². The molecule has 0 spiro atoms. The normalized spacial score (nSPS) is 12.5. The fourth-order valence-corrected chi connectivity index (χ4v) is 1.10. The zero-order valence-corrected chi connectivity index (χ0v) is 7.71. The molecule has 0 saturated heterocycles. The topological polar surface area (TPSA) is 82.0 Å². The van der Waals surface area contributed by atoms with Crippen LogP contribution in [0.1, 0.15) is 19.0 Å². The third-order valence-corrected chi connectivity index (χ3v) is 1.95. The molecule has 0 radical (unpaired) electrons. The molecule has 2 N–H and O–H groups in total. The van der Waals surface area contributed by atoms with E-state index in [1.54, 1.807) is 6.92 Å². The van der Waals surface area contributed by atoms with Gasteiger partial charge in [-0.15, -0.1) is 0 Å². The van der Waals surface area contributed by atoms with E-state index in [0.29, 0.717) is 18.3 Å². The monoisotopic (exact) mass is 201 g/mol. The van der Waals surface area contributed by atoms with Crippen LogP contribution in [-0.2, 0) is 4.79 Å². The maximum atomic E-state index is 10.5. The summed E-state index contributed by atoms with van der Waals surface area (Å²) in [5, 5.41) is 7.01. The summed E-state index contributed by atoms with van der Waals surface area (Å²) in [5.74, 6) is 0.0813. The van der Waals surface area contributed by atoms with Crippen LogP contribution in [0, 0.1) is 0 Å². The Bertz CT molecular complexity index is 345. The molecule has 0 aliphatic heterocycles. The number of carbonyl (C=O) groups is 1. The van der Waals surface area contributed by atoms with Crippen molar-refractivity contribution in [3.8, 4) is 0 Å². The van der Waals surface area contributed by atoms with Gasteiger partial charge in [0.05, 0.1) is 5.03 Å². The van der Waals surface area contributed by atoms with Gasteiger partial charge >= 0.3 is 0 Å². The number of nitrogens with zero attached hydrogens (tertiary/aromatic N) is 2. The molecule has 1 aromatic heterocycles. The quantitative estimate of drug-likeness (QED) is 0.587. The molecular formula is C7H8ClN3O2. The van der Waals surface area contributed by atoms with Gasteiger partial charge in [0.2, 0.25) is 0 Å². The van der Waals surface area contributed by atoms with Crippen molar-refractivity contribution in [2.45, 2.75) is 13.3 Å². The van der Waals surface area contributed by atoms with E-state index in [4.69, 9.17) is 17.3 Å². The summed E-state index contributed by atoms with van der Waals surface area (Å²) in [7, 11) is 0. The summed E-state index contributed by atoms with van der Waals surface area (Å²) in [4.78, 5) is 10.5. The Morgan fingerprint density at radius 2 is 2.38 bits per heavy atom. The average molecular weight is 202 g/mol. The van der Waals surface area contributed by atoms with Crippen LogP contribution >= 0.6 is 11.6 Å². The number of carbonyl (C=O) groups excluding carboxylic acids is 1. The predicted molar refractivity (Wildman–Crippen MR) is 47.8 cm³/mol. The van der Waals surface area contributed by atoms with Gasteiger partial charge in [-0.2, -0.15) is 0 Å². The lowest BCUT2D eigenvalue weighted by Crippen LogP contribution is -1.93. The lowest BCUT2D eigenvalue weighted by atomic mass is 10.2. The number of hydrogen-bond acceptors (Lipinski definition) is 5. The number of nitrogen functional groups attached to an aromatic ring is 1. The first-order valence-corrected chi connectivity index (χ1v) is 4.00. The highest BCUT2D eigenvalue weighted by Gasteiger charge is 2.13. The van der Waals surface area contributed by atoms with E-state index in [9.17, 15) is 4.79 Å². The smallest absolute Gasteiger partial charge is 0.197 e. The second kappa shape index (κ2) is 4.04. The minimum absolute atomic E-state index is 0.0813. The molecule has 1 heterocycles. The number of halogens is 1. The summed E-state index contributed by atoms with van der Waals surface area (Å²) in [6, 6.07) is 0. The zero-order chi connectivity index (χ0) is 9.84. The molecule has 0 saturated carbocycles. The molecular weight excluding hydrogens is 194 g/mol. The van der Waals surface area contributed by atoms with Crippen LogP contribution in [0.3, 0.4) is 0 Å². The fourth-order valence-electron chi connectivity index (χ4n) is 0.790. The summed E-state index contributed by atoms with van der Waals surface area (Å²) >= 11 is 5.83. The summed E-state index contributed by atoms with van der Waals surface area (Å²) in [6.07, 6.45) is 1.17. The van der Waals surface area contributed by atoms with Crippen molar-refractivity contribution in [3.63, 3.8) is 0 Å². The Hall–Kier alpha value is -1.36. The first-order valence-electron chi connectivity index (χ1n) is 3.63. The van der Waals surface area contributed by atoms with Crippen LogP contribution in [0.25, 0.3) is 5.03 Å². The SMILES string of the molecule is CC/C(C=O)=C(/Cl)c1nonc1N. The van der Waals surface area contributed by atoms with Crippen LogP contribution in [0.5, 0.6) is 0 Å². The van der Waals surface area contributed by atoms with Crippen LogP contribution < -0.4 is 5.73 Å². The number of nitrogens with two attached hydrogens (primary N) is 1. The van der Waals surface area contributed by atoms with Crippen molar-refractivity contribution in [1.29, 1.82) is 0 Å². The largest absolute Gasteiger partial charge is 0.379 e. The zero-order valence-electron chi connectivity index (χ0n) is 6.95. The Kier molecular flexibility index (Phi) is 3.02. The molecule has 13 heavy (non-hydrogen) atoms. The molecule has 0 fully saturated rings. The van der Waals surface area contributed by atoms with Gasteiger partial charge in [-0.3, -0.25) is 4.79 Å². The average Bonchev–Trinajstić information content (AvgIpc) is 2.53. The second-order valence-corrected chi connectivity index (χ2v) is 2.69. The Balaban J connectivity index is 3.15. The Labute approximate surface area is 79.5 Å². The van der Waals surface area contributed by atoms with E-state index < -0.39 is 0 Å². The molecule has 0 bridgehead atoms. The third kappa shape index (κ3) is 1.86. The summed E-state index contributed by atoms with van der Waals surface area (Å²) in [6.45, 7) is 1.80. The molecule has 0 amide bonds. The number of aldehydes is 1. The molecule has 1 rings (SSSR count). The summed E-state index contributed by atoms with van der Waals surface area (Å²) < 4.78 is 4.35. The molecule has 1 aromatic rings. The minimum Gasteiger partial charge on any atom is -0.379 e. The van der Waals surface area contributed by atoms with E-state index >= 15 is 0 Å². The fraction of sp³-hybridized carbons (Fsp3) is 0.286. The van der Waals surface area contributed by atoms with Gasteiger partial charge in [0.25, 0.3) is 0 Å². The highest BCUT2D eigenvalue weighted by Crippen LogP contribution is 2.25. The van der Waals surface area contributed by atoms with Crippen molar-refractivity contribution in [3.05, 3.63) is 11.3 Å².